The molecule has 2 amide bonds. The van der Waals surface area contributed by atoms with E-state index in [0.29, 0.717) is 11.3 Å². The van der Waals surface area contributed by atoms with E-state index in [1.807, 2.05) is 0 Å². The summed E-state index contributed by atoms with van der Waals surface area (Å²) in [5.41, 5.74) is -0.529. The van der Waals surface area contributed by atoms with Crippen molar-refractivity contribution >= 4 is 27.5 Å². The third-order valence-corrected chi connectivity index (χ3v) is 8.15. The van der Waals surface area contributed by atoms with Crippen LogP contribution in [0.4, 0.5) is 10.1 Å². The maximum atomic E-state index is 13.7. The van der Waals surface area contributed by atoms with E-state index in [2.05, 4.69) is 5.32 Å². The zero-order valence-electron chi connectivity index (χ0n) is 18.5. The van der Waals surface area contributed by atoms with Gasteiger partial charge in [-0.05, 0) is 57.4 Å². The highest BCUT2D eigenvalue weighted by atomic mass is 32.2. The summed E-state index contributed by atoms with van der Waals surface area (Å²) in [5.74, 6) is -1.48. The van der Waals surface area contributed by atoms with Crippen LogP contribution in [0, 0.1) is 12.7 Å². The monoisotopic (exact) mass is 453 g/mol. The van der Waals surface area contributed by atoms with Gasteiger partial charge in [-0.3, -0.25) is 14.5 Å². The Labute approximate surface area is 184 Å². The molecule has 2 fully saturated rings. The predicted molar refractivity (Wildman–Crippen MR) is 118 cm³/mol. The van der Waals surface area contributed by atoms with Gasteiger partial charge in [0.15, 0.2) is 0 Å². The van der Waals surface area contributed by atoms with Gasteiger partial charge in [0.1, 0.15) is 11.4 Å². The molecule has 1 aliphatic heterocycles. The molecule has 1 saturated carbocycles. The molecule has 0 spiro atoms. The number of carbonyl (C=O) groups excluding carboxylic acids is 2. The fraction of sp³-hybridized carbons (Fsp3) is 0.636. The van der Waals surface area contributed by atoms with Gasteiger partial charge in [0, 0.05) is 18.3 Å². The maximum Gasteiger partial charge on any atom is 0.247 e. The Balaban J connectivity index is 2.00. The van der Waals surface area contributed by atoms with Gasteiger partial charge in [0.05, 0.1) is 12.3 Å². The molecular weight excluding hydrogens is 421 g/mol. The standard InChI is InChI=1S/C22H32FN3O4S/c1-4-31(29,30)25-14-20(27)26(19-12-11-17(23)13-16(19)2)22(3,15-25)21(28)24-18-9-7-5-6-8-10-18/h11-13,18H,4-10,14-15H2,1-3H3,(H,24,28). The molecule has 3 rings (SSSR count). The average molecular weight is 454 g/mol. The summed E-state index contributed by atoms with van der Waals surface area (Å²) < 4.78 is 39.9. The van der Waals surface area contributed by atoms with E-state index in [0.717, 1.165) is 42.8 Å². The Hall–Kier alpha value is -2.00. The Morgan fingerprint density at radius 3 is 2.45 bits per heavy atom. The fourth-order valence-corrected chi connectivity index (χ4v) is 5.67. The highest BCUT2D eigenvalue weighted by Gasteiger charge is 2.51. The van der Waals surface area contributed by atoms with E-state index in [9.17, 15) is 22.4 Å². The minimum Gasteiger partial charge on any atom is -0.351 e. The molecule has 1 aliphatic carbocycles. The van der Waals surface area contributed by atoms with E-state index in [1.54, 1.807) is 13.8 Å². The number of nitrogens with one attached hydrogen (secondary N) is 1. The fourth-order valence-electron chi connectivity index (χ4n) is 4.55. The second kappa shape index (κ2) is 9.24. The number of aryl methyl sites for hydroxylation is 1. The molecule has 31 heavy (non-hydrogen) atoms. The molecule has 172 valence electrons. The molecule has 1 aromatic carbocycles. The summed E-state index contributed by atoms with van der Waals surface area (Å²) in [7, 11) is -3.67. The molecule has 1 N–H and O–H groups in total. The predicted octanol–water partition coefficient (Wildman–Crippen LogP) is 2.73. The van der Waals surface area contributed by atoms with Crippen molar-refractivity contribution in [2.75, 3.05) is 23.7 Å². The molecule has 0 radical (unpaired) electrons. The summed E-state index contributed by atoms with van der Waals surface area (Å²) in [6, 6.07) is 4.02. The molecule has 7 nitrogen and oxygen atoms in total. The zero-order valence-corrected chi connectivity index (χ0v) is 19.3. The van der Waals surface area contributed by atoms with Crippen molar-refractivity contribution in [1.82, 2.24) is 9.62 Å². The summed E-state index contributed by atoms with van der Waals surface area (Å²) in [5, 5.41) is 3.08. The van der Waals surface area contributed by atoms with Crippen LogP contribution in [0.3, 0.4) is 0 Å². The summed E-state index contributed by atoms with van der Waals surface area (Å²) in [4.78, 5) is 28.1. The van der Waals surface area contributed by atoms with E-state index >= 15 is 0 Å². The van der Waals surface area contributed by atoms with Gasteiger partial charge in [-0.1, -0.05) is 25.7 Å². The molecule has 1 heterocycles. The van der Waals surface area contributed by atoms with Gasteiger partial charge < -0.3 is 5.32 Å². The first-order valence-corrected chi connectivity index (χ1v) is 12.6. The molecular formula is C22H32FN3O4S. The van der Waals surface area contributed by atoms with Crippen molar-refractivity contribution < 1.29 is 22.4 Å². The van der Waals surface area contributed by atoms with E-state index in [1.165, 1.54) is 30.0 Å². The lowest BCUT2D eigenvalue weighted by molar-refractivity contribution is -0.133. The van der Waals surface area contributed by atoms with E-state index in [-0.39, 0.29) is 30.8 Å². The second-order valence-corrected chi connectivity index (χ2v) is 11.0. The van der Waals surface area contributed by atoms with Crippen LogP contribution in [0.25, 0.3) is 0 Å². The van der Waals surface area contributed by atoms with Crippen LogP contribution in [-0.2, 0) is 19.6 Å². The number of benzene rings is 1. The SMILES string of the molecule is CCS(=O)(=O)N1CC(=O)N(c2ccc(F)cc2C)C(C)(C(=O)NC2CCCCCC2)C1. The lowest BCUT2D eigenvalue weighted by Gasteiger charge is -2.47. The summed E-state index contributed by atoms with van der Waals surface area (Å²) in [6.07, 6.45) is 6.04. The van der Waals surface area contributed by atoms with E-state index in [4.69, 9.17) is 0 Å². The number of anilines is 1. The molecule has 2 aliphatic rings. The highest BCUT2D eigenvalue weighted by Crippen LogP contribution is 2.33. The van der Waals surface area contributed by atoms with Crippen molar-refractivity contribution in [3.63, 3.8) is 0 Å². The topological polar surface area (TPSA) is 86.8 Å². The normalized spacial score (nSPS) is 24.1. The van der Waals surface area contributed by atoms with Gasteiger partial charge in [-0.25, -0.2) is 12.8 Å². The molecule has 1 atom stereocenters. The largest absolute Gasteiger partial charge is 0.351 e. The number of amides is 2. The lowest BCUT2D eigenvalue weighted by Crippen LogP contribution is -2.71. The Morgan fingerprint density at radius 2 is 1.87 bits per heavy atom. The first-order valence-electron chi connectivity index (χ1n) is 11.0. The van der Waals surface area contributed by atoms with Crippen LogP contribution in [0.1, 0.15) is 57.9 Å². The molecule has 1 aromatic rings. The number of rotatable bonds is 5. The van der Waals surface area contributed by atoms with Crippen LogP contribution in [-0.4, -0.2) is 55.0 Å². The van der Waals surface area contributed by atoms with Crippen molar-refractivity contribution in [3.05, 3.63) is 29.6 Å². The quantitative estimate of drug-likeness (QED) is 0.695. The second-order valence-electron chi connectivity index (χ2n) is 8.76. The minimum atomic E-state index is -3.67. The number of carbonyl (C=O) groups is 2. The summed E-state index contributed by atoms with van der Waals surface area (Å²) in [6.45, 7) is 4.28. The van der Waals surface area contributed by atoms with Crippen LogP contribution in [0.15, 0.2) is 18.2 Å². The summed E-state index contributed by atoms with van der Waals surface area (Å²) >= 11 is 0. The first-order chi connectivity index (χ1) is 14.6. The smallest absolute Gasteiger partial charge is 0.247 e. The Bertz CT molecular complexity index is 944. The Kier molecular flexibility index (Phi) is 7.05. The number of hydrogen-bond donors (Lipinski definition) is 1. The number of nitrogens with zero attached hydrogens (tertiary/aromatic N) is 2. The van der Waals surface area contributed by atoms with Gasteiger partial charge >= 0.3 is 0 Å². The lowest BCUT2D eigenvalue weighted by atomic mass is 9.92. The van der Waals surface area contributed by atoms with Gasteiger partial charge in [-0.15, -0.1) is 0 Å². The Morgan fingerprint density at radius 1 is 1.23 bits per heavy atom. The average Bonchev–Trinajstić information content (AvgIpc) is 2.97. The minimum absolute atomic E-state index is 0.00347. The number of sulfonamides is 1. The molecule has 1 unspecified atom stereocenters. The van der Waals surface area contributed by atoms with Crippen LogP contribution in [0.5, 0.6) is 0 Å². The first kappa shape index (κ1) is 23.7. The third-order valence-electron chi connectivity index (χ3n) is 6.38. The number of halogens is 1. The maximum absolute atomic E-state index is 13.7. The van der Waals surface area contributed by atoms with Crippen molar-refractivity contribution in [3.8, 4) is 0 Å². The van der Waals surface area contributed by atoms with Gasteiger partial charge in [0.25, 0.3) is 0 Å². The van der Waals surface area contributed by atoms with Crippen LogP contribution >= 0.6 is 0 Å². The highest BCUT2D eigenvalue weighted by molar-refractivity contribution is 7.89. The van der Waals surface area contributed by atoms with Gasteiger partial charge in [0.2, 0.25) is 21.8 Å². The zero-order chi connectivity index (χ0) is 22.8. The van der Waals surface area contributed by atoms with Crippen LogP contribution < -0.4 is 10.2 Å². The molecule has 9 heteroatoms. The molecule has 1 saturated heterocycles. The van der Waals surface area contributed by atoms with Crippen LogP contribution in [0.2, 0.25) is 0 Å². The van der Waals surface area contributed by atoms with Crippen molar-refractivity contribution in [2.24, 2.45) is 0 Å². The molecule has 0 aromatic heterocycles. The van der Waals surface area contributed by atoms with E-state index < -0.39 is 27.3 Å². The molecule has 0 bridgehead atoms. The van der Waals surface area contributed by atoms with Crippen molar-refractivity contribution in [2.45, 2.75) is 70.9 Å². The van der Waals surface area contributed by atoms with Crippen molar-refractivity contribution in [1.29, 1.82) is 0 Å². The number of piperazine rings is 1. The van der Waals surface area contributed by atoms with Gasteiger partial charge in [-0.2, -0.15) is 4.31 Å². The third kappa shape index (κ3) is 4.92. The number of hydrogen-bond acceptors (Lipinski definition) is 4.